The van der Waals surface area contributed by atoms with E-state index in [-0.39, 0.29) is 5.91 Å². The molecule has 0 saturated heterocycles. The number of nitrogens with one attached hydrogen (secondary N) is 2. The second-order valence-corrected chi connectivity index (χ2v) is 6.79. The van der Waals surface area contributed by atoms with Crippen LogP contribution in [-0.4, -0.2) is 48.4 Å². The summed E-state index contributed by atoms with van der Waals surface area (Å²) in [6.45, 7) is 5.96. The zero-order valence-electron chi connectivity index (χ0n) is 14.7. The highest BCUT2D eigenvalue weighted by Gasteiger charge is 2.22. The maximum Gasteiger partial charge on any atom is 0.223 e. The first-order valence-electron chi connectivity index (χ1n) is 8.60. The van der Waals surface area contributed by atoms with E-state index < -0.39 is 0 Å². The molecular weight excluding hydrogens is 320 g/mol. The second-order valence-electron chi connectivity index (χ2n) is 5.80. The molecule has 0 bridgehead atoms. The molecular formula is C18H28N4OS. The maximum absolute atomic E-state index is 12.3. The van der Waals surface area contributed by atoms with E-state index in [9.17, 15) is 4.79 Å². The van der Waals surface area contributed by atoms with Gasteiger partial charge in [-0.15, -0.1) is 0 Å². The summed E-state index contributed by atoms with van der Waals surface area (Å²) in [7, 11) is 0. The van der Waals surface area contributed by atoms with E-state index in [1.54, 1.807) is 0 Å². The minimum absolute atomic E-state index is 0.224. The third kappa shape index (κ3) is 5.74. The highest BCUT2D eigenvalue weighted by Crippen LogP contribution is 2.22. The number of thioether (sulfide) groups is 1. The summed E-state index contributed by atoms with van der Waals surface area (Å²) in [4.78, 5) is 18.8. The number of hydrogen-bond acceptors (Lipinski definition) is 3. The molecule has 1 amide bonds. The fourth-order valence-electron chi connectivity index (χ4n) is 2.70. The number of carbonyl (C=O) groups excluding carboxylic acids is 1. The van der Waals surface area contributed by atoms with Crippen LogP contribution in [0.2, 0.25) is 0 Å². The maximum atomic E-state index is 12.3. The van der Waals surface area contributed by atoms with Crippen molar-refractivity contribution in [2.24, 2.45) is 4.99 Å². The molecule has 2 rings (SSSR count). The van der Waals surface area contributed by atoms with Crippen LogP contribution >= 0.6 is 11.8 Å². The highest BCUT2D eigenvalue weighted by molar-refractivity contribution is 7.98. The Bertz CT molecular complexity index is 537. The topological polar surface area (TPSA) is 56.7 Å². The predicted molar refractivity (Wildman–Crippen MR) is 102 cm³/mol. The number of benzene rings is 1. The molecule has 0 fully saturated rings. The van der Waals surface area contributed by atoms with Crippen LogP contribution in [0.1, 0.15) is 30.9 Å². The summed E-state index contributed by atoms with van der Waals surface area (Å²) >= 11 is 1.81. The van der Waals surface area contributed by atoms with E-state index in [1.165, 1.54) is 11.1 Å². The zero-order valence-corrected chi connectivity index (χ0v) is 15.5. The van der Waals surface area contributed by atoms with Gasteiger partial charge in [0.05, 0.1) is 0 Å². The van der Waals surface area contributed by atoms with E-state index in [0.717, 1.165) is 44.3 Å². The van der Waals surface area contributed by atoms with Crippen LogP contribution in [0.25, 0.3) is 0 Å². The fraction of sp³-hybridized carbons (Fsp3) is 0.556. The van der Waals surface area contributed by atoms with Gasteiger partial charge in [0.15, 0.2) is 5.96 Å². The molecule has 0 saturated carbocycles. The molecule has 1 aliphatic heterocycles. The standard InChI is InChI=1S/C18H28N4OS/c1-3-19-18(21-11-12-24-2)20-10-6-9-17(23)22-13-15-7-4-5-8-16(15)14-22/h4-5,7-8H,3,6,9-14H2,1-2H3,(H2,19,20,21). The minimum atomic E-state index is 0.224. The van der Waals surface area contributed by atoms with Gasteiger partial charge in [-0.3, -0.25) is 9.79 Å². The van der Waals surface area contributed by atoms with E-state index in [4.69, 9.17) is 0 Å². The van der Waals surface area contributed by atoms with Crippen molar-refractivity contribution in [3.8, 4) is 0 Å². The van der Waals surface area contributed by atoms with Gasteiger partial charge in [-0.25, -0.2) is 0 Å². The van der Waals surface area contributed by atoms with Crippen LogP contribution in [0, 0.1) is 0 Å². The lowest BCUT2D eigenvalue weighted by Crippen LogP contribution is -2.38. The number of amides is 1. The first-order valence-corrected chi connectivity index (χ1v) is 9.99. The Kier molecular flexibility index (Phi) is 7.95. The lowest BCUT2D eigenvalue weighted by molar-refractivity contribution is -0.131. The van der Waals surface area contributed by atoms with E-state index in [1.807, 2.05) is 28.8 Å². The Morgan fingerprint density at radius 1 is 1.25 bits per heavy atom. The molecule has 6 heteroatoms. The first-order chi connectivity index (χ1) is 11.7. The molecule has 1 aromatic rings. The molecule has 132 valence electrons. The van der Waals surface area contributed by atoms with E-state index >= 15 is 0 Å². The second kappa shape index (κ2) is 10.2. The third-order valence-corrected chi connectivity index (χ3v) is 4.57. The van der Waals surface area contributed by atoms with Gasteiger partial charge in [0.25, 0.3) is 0 Å². The number of rotatable bonds is 8. The average molecular weight is 349 g/mol. The number of fused-ring (bicyclic) bond motifs is 1. The van der Waals surface area contributed by atoms with Crippen LogP contribution in [0.3, 0.4) is 0 Å². The number of nitrogens with zero attached hydrogens (tertiary/aromatic N) is 2. The van der Waals surface area contributed by atoms with Crippen molar-refractivity contribution in [1.29, 1.82) is 0 Å². The van der Waals surface area contributed by atoms with Crippen LogP contribution in [-0.2, 0) is 17.9 Å². The fourth-order valence-corrected chi connectivity index (χ4v) is 3.01. The van der Waals surface area contributed by atoms with E-state index in [0.29, 0.717) is 13.0 Å². The SMILES string of the molecule is CCNC(=NCCCC(=O)N1Cc2ccccc2C1)NCCSC. The molecule has 2 N–H and O–H groups in total. The van der Waals surface area contributed by atoms with Gasteiger partial charge in [-0.05, 0) is 30.7 Å². The van der Waals surface area contributed by atoms with Crippen LogP contribution in [0.15, 0.2) is 29.3 Å². The molecule has 24 heavy (non-hydrogen) atoms. The van der Waals surface area contributed by atoms with Gasteiger partial charge in [0, 0.05) is 44.9 Å². The van der Waals surface area contributed by atoms with Gasteiger partial charge in [0.1, 0.15) is 0 Å². The molecule has 0 unspecified atom stereocenters. The number of guanidine groups is 1. The summed E-state index contributed by atoms with van der Waals surface area (Å²) in [6, 6.07) is 8.29. The Morgan fingerprint density at radius 2 is 1.96 bits per heavy atom. The highest BCUT2D eigenvalue weighted by atomic mass is 32.2. The number of aliphatic imine (C=N–C) groups is 1. The Morgan fingerprint density at radius 3 is 2.58 bits per heavy atom. The monoisotopic (exact) mass is 348 g/mol. The van der Waals surface area contributed by atoms with Crippen LogP contribution in [0.5, 0.6) is 0 Å². The third-order valence-electron chi connectivity index (χ3n) is 3.96. The minimum Gasteiger partial charge on any atom is -0.357 e. The molecule has 0 radical (unpaired) electrons. The number of carbonyl (C=O) groups is 1. The van der Waals surface area contributed by atoms with Crippen molar-refractivity contribution in [3.05, 3.63) is 35.4 Å². The molecule has 5 nitrogen and oxygen atoms in total. The summed E-state index contributed by atoms with van der Waals surface area (Å²) in [5.74, 6) is 2.12. The predicted octanol–water partition coefficient (Wildman–Crippen LogP) is 2.23. The van der Waals surface area contributed by atoms with Crippen molar-refractivity contribution < 1.29 is 4.79 Å². The van der Waals surface area contributed by atoms with Crippen molar-refractivity contribution in [2.45, 2.75) is 32.9 Å². The summed E-state index contributed by atoms with van der Waals surface area (Å²) < 4.78 is 0. The Hall–Kier alpha value is -1.69. The van der Waals surface area contributed by atoms with Gasteiger partial charge in [-0.1, -0.05) is 24.3 Å². The summed E-state index contributed by atoms with van der Waals surface area (Å²) in [5, 5.41) is 6.53. The lowest BCUT2D eigenvalue weighted by atomic mass is 10.1. The summed E-state index contributed by atoms with van der Waals surface area (Å²) in [5.41, 5.74) is 2.55. The molecule has 1 heterocycles. The zero-order chi connectivity index (χ0) is 17.2. The number of hydrogen-bond donors (Lipinski definition) is 2. The van der Waals surface area contributed by atoms with E-state index in [2.05, 4.69) is 40.9 Å². The van der Waals surface area contributed by atoms with Crippen molar-refractivity contribution in [3.63, 3.8) is 0 Å². The molecule has 0 atom stereocenters. The Labute approximate surface area is 149 Å². The normalized spacial score (nSPS) is 13.8. The van der Waals surface area contributed by atoms with Gasteiger partial charge >= 0.3 is 0 Å². The largest absolute Gasteiger partial charge is 0.357 e. The quantitative estimate of drug-likeness (QED) is 0.430. The first kappa shape index (κ1) is 18.6. The Balaban J connectivity index is 1.71. The molecule has 1 aliphatic rings. The lowest BCUT2D eigenvalue weighted by Gasteiger charge is -2.15. The molecule has 0 aliphatic carbocycles. The summed E-state index contributed by atoms with van der Waals surface area (Å²) in [6.07, 6.45) is 3.43. The molecule has 1 aromatic carbocycles. The average Bonchev–Trinajstić information content (AvgIpc) is 3.03. The van der Waals surface area contributed by atoms with Crippen molar-refractivity contribution in [2.75, 3.05) is 31.6 Å². The van der Waals surface area contributed by atoms with Crippen molar-refractivity contribution in [1.82, 2.24) is 15.5 Å². The molecule has 0 aromatic heterocycles. The van der Waals surface area contributed by atoms with Gasteiger partial charge in [0.2, 0.25) is 5.91 Å². The van der Waals surface area contributed by atoms with Crippen LogP contribution in [0.4, 0.5) is 0 Å². The van der Waals surface area contributed by atoms with Gasteiger partial charge in [-0.2, -0.15) is 11.8 Å². The molecule has 0 spiro atoms. The van der Waals surface area contributed by atoms with Crippen molar-refractivity contribution >= 4 is 23.6 Å². The van der Waals surface area contributed by atoms with Gasteiger partial charge < -0.3 is 15.5 Å². The van der Waals surface area contributed by atoms with Crippen LogP contribution < -0.4 is 10.6 Å². The smallest absolute Gasteiger partial charge is 0.223 e.